The molecule has 2 aromatic carbocycles. The number of hydrogen-bond donors (Lipinski definition) is 2. The Bertz CT molecular complexity index is 505. The molecular formula is C16H20N2S. The van der Waals surface area contributed by atoms with Gasteiger partial charge in [-0.05, 0) is 31.5 Å². The van der Waals surface area contributed by atoms with E-state index in [9.17, 15) is 0 Å². The number of nitrogens with two attached hydrogens (primary N) is 1. The molecule has 0 aromatic heterocycles. The van der Waals surface area contributed by atoms with E-state index in [1.165, 1.54) is 21.6 Å². The molecule has 3 heteroatoms. The highest BCUT2D eigenvalue weighted by atomic mass is 32.2. The molecule has 0 saturated carbocycles. The Labute approximate surface area is 119 Å². The lowest BCUT2D eigenvalue weighted by atomic mass is 10.1. The topological polar surface area (TPSA) is 38.0 Å². The Morgan fingerprint density at radius 1 is 0.947 bits per heavy atom. The molecule has 0 radical (unpaired) electrons. The van der Waals surface area contributed by atoms with E-state index in [4.69, 9.17) is 5.84 Å². The van der Waals surface area contributed by atoms with Crippen LogP contribution in [0.15, 0.2) is 53.4 Å². The van der Waals surface area contributed by atoms with Gasteiger partial charge in [-0.3, -0.25) is 11.3 Å². The maximum Gasteiger partial charge on any atom is 0.0553 e. The zero-order valence-electron chi connectivity index (χ0n) is 11.4. The summed E-state index contributed by atoms with van der Waals surface area (Å²) < 4.78 is 0. The number of rotatable bonds is 5. The molecule has 0 saturated heterocycles. The maximum atomic E-state index is 5.67. The number of aryl methyl sites for hydroxylation is 2. The quantitative estimate of drug-likeness (QED) is 0.496. The second kappa shape index (κ2) is 6.75. The summed E-state index contributed by atoms with van der Waals surface area (Å²) in [7, 11) is 0. The SMILES string of the molecule is Cc1ccc(SCC(NN)c2ccc(C)cc2)cc1. The van der Waals surface area contributed by atoms with E-state index in [-0.39, 0.29) is 6.04 Å². The van der Waals surface area contributed by atoms with Gasteiger partial charge in [0, 0.05) is 10.6 Å². The molecule has 2 nitrogen and oxygen atoms in total. The molecule has 0 amide bonds. The Balaban J connectivity index is 1.99. The van der Waals surface area contributed by atoms with Gasteiger partial charge in [0.25, 0.3) is 0 Å². The molecule has 3 N–H and O–H groups in total. The highest BCUT2D eigenvalue weighted by molar-refractivity contribution is 7.99. The Morgan fingerprint density at radius 2 is 1.47 bits per heavy atom. The summed E-state index contributed by atoms with van der Waals surface area (Å²) in [5, 5.41) is 0. The predicted octanol–water partition coefficient (Wildman–Crippen LogP) is 3.60. The first-order valence-electron chi connectivity index (χ1n) is 6.41. The fraction of sp³-hybridized carbons (Fsp3) is 0.250. The van der Waals surface area contributed by atoms with E-state index >= 15 is 0 Å². The van der Waals surface area contributed by atoms with Crippen molar-refractivity contribution in [3.05, 3.63) is 65.2 Å². The van der Waals surface area contributed by atoms with Gasteiger partial charge in [0.15, 0.2) is 0 Å². The Kier molecular flexibility index (Phi) is 5.02. The van der Waals surface area contributed by atoms with E-state index in [1.54, 1.807) is 0 Å². The molecular weight excluding hydrogens is 252 g/mol. The van der Waals surface area contributed by atoms with Gasteiger partial charge in [0.1, 0.15) is 0 Å². The zero-order valence-corrected chi connectivity index (χ0v) is 12.2. The average Bonchev–Trinajstić information content (AvgIpc) is 2.43. The highest BCUT2D eigenvalue weighted by Crippen LogP contribution is 2.24. The van der Waals surface area contributed by atoms with Gasteiger partial charge in [0.2, 0.25) is 0 Å². The lowest BCUT2D eigenvalue weighted by Crippen LogP contribution is -2.29. The number of nitrogens with one attached hydrogen (secondary N) is 1. The van der Waals surface area contributed by atoms with Crippen molar-refractivity contribution >= 4 is 11.8 Å². The van der Waals surface area contributed by atoms with Crippen molar-refractivity contribution < 1.29 is 0 Å². The first-order valence-corrected chi connectivity index (χ1v) is 7.40. The summed E-state index contributed by atoms with van der Waals surface area (Å²) >= 11 is 1.82. The second-order valence-electron chi connectivity index (χ2n) is 4.75. The van der Waals surface area contributed by atoms with Gasteiger partial charge in [-0.25, -0.2) is 0 Å². The average molecular weight is 272 g/mol. The third-order valence-electron chi connectivity index (χ3n) is 3.12. The highest BCUT2D eigenvalue weighted by Gasteiger charge is 2.09. The summed E-state index contributed by atoms with van der Waals surface area (Å²) in [5.41, 5.74) is 6.69. The first kappa shape index (κ1) is 14.1. The Morgan fingerprint density at radius 3 is 2.00 bits per heavy atom. The van der Waals surface area contributed by atoms with Crippen molar-refractivity contribution in [1.82, 2.24) is 5.43 Å². The molecule has 0 bridgehead atoms. The second-order valence-corrected chi connectivity index (χ2v) is 5.85. The molecule has 0 aliphatic rings. The maximum absolute atomic E-state index is 5.67. The van der Waals surface area contributed by atoms with E-state index in [0.717, 1.165) is 5.75 Å². The molecule has 2 rings (SSSR count). The number of benzene rings is 2. The summed E-state index contributed by atoms with van der Waals surface area (Å²) in [6.07, 6.45) is 0. The van der Waals surface area contributed by atoms with Crippen molar-refractivity contribution in [3.63, 3.8) is 0 Å². The van der Waals surface area contributed by atoms with Crippen LogP contribution in [0.3, 0.4) is 0 Å². The number of hydrogen-bond acceptors (Lipinski definition) is 3. The molecule has 0 aliphatic carbocycles. The van der Waals surface area contributed by atoms with Crippen molar-refractivity contribution in [2.45, 2.75) is 24.8 Å². The largest absolute Gasteiger partial charge is 0.271 e. The standard InChI is InChI=1S/C16H20N2S/c1-12-3-7-14(8-4-12)16(18-17)11-19-15-9-5-13(2)6-10-15/h3-10,16,18H,11,17H2,1-2H3. The first-order chi connectivity index (χ1) is 9.19. The lowest BCUT2D eigenvalue weighted by Gasteiger charge is -2.16. The van der Waals surface area contributed by atoms with Gasteiger partial charge >= 0.3 is 0 Å². The number of hydrazine groups is 1. The molecule has 0 fully saturated rings. The van der Waals surface area contributed by atoms with Crippen LogP contribution in [-0.2, 0) is 0 Å². The molecule has 19 heavy (non-hydrogen) atoms. The molecule has 2 aromatic rings. The molecule has 1 unspecified atom stereocenters. The molecule has 0 spiro atoms. The predicted molar refractivity (Wildman–Crippen MR) is 83.1 cm³/mol. The summed E-state index contributed by atoms with van der Waals surface area (Å²) in [4.78, 5) is 1.28. The van der Waals surface area contributed by atoms with Crippen LogP contribution in [0.25, 0.3) is 0 Å². The van der Waals surface area contributed by atoms with Crippen LogP contribution in [0.2, 0.25) is 0 Å². The van der Waals surface area contributed by atoms with Crippen molar-refractivity contribution in [1.29, 1.82) is 0 Å². The summed E-state index contributed by atoms with van der Waals surface area (Å²) in [5.74, 6) is 6.59. The van der Waals surface area contributed by atoms with Crippen LogP contribution in [0.1, 0.15) is 22.7 Å². The molecule has 100 valence electrons. The van der Waals surface area contributed by atoms with Crippen LogP contribution >= 0.6 is 11.8 Å². The minimum absolute atomic E-state index is 0.173. The van der Waals surface area contributed by atoms with Gasteiger partial charge in [0.05, 0.1) is 6.04 Å². The fourth-order valence-electron chi connectivity index (χ4n) is 1.85. The molecule has 0 aliphatic heterocycles. The third-order valence-corrected chi connectivity index (χ3v) is 4.22. The van der Waals surface area contributed by atoms with Crippen molar-refractivity contribution in [3.8, 4) is 0 Å². The van der Waals surface area contributed by atoms with E-state index < -0.39 is 0 Å². The van der Waals surface area contributed by atoms with Gasteiger partial charge in [-0.2, -0.15) is 0 Å². The van der Waals surface area contributed by atoms with Gasteiger partial charge < -0.3 is 0 Å². The van der Waals surface area contributed by atoms with Crippen molar-refractivity contribution in [2.75, 3.05) is 5.75 Å². The zero-order chi connectivity index (χ0) is 13.7. The smallest absolute Gasteiger partial charge is 0.0553 e. The van der Waals surface area contributed by atoms with Crippen LogP contribution in [0.4, 0.5) is 0 Å². The summed E-state index contributed by atoms with van der Waals surface area (Å²) in [6, 6.07) is 17.3. The van der Waals surface area contributed by atoms with E-state index in [2.05, 4.69) is 67.8 Å². The normalized spacial score (nSPS) is 12.4. The Hall–Kier alpha value is -1.29. The van der Waals surface area contributed by atoms with Crippen LogP contribution in [0.5, 0.6) is 0 Å². The molecule has 1 atom stereocenters. The fourth-order valence-corrected chi connectivity index (χ4v) is 2.83. The van der Waals surface area contributed by atoms with Gasteiger partial charge in [-0.15, -0.1) is 11.8 Å². The monoisotopic (exact) mass is 272 g/mol. The molecule has 0 heterocycles. The van der Waals surface area contributed by atoms with Crippen LogP contribution in [-0.4, -0.2) is 5.75 Å². The van der Waals surface area contributed by atoms with E-state index in [0.29, 0.717) is 0 Å². The van der Waals surface area contributed by atoms with Crippen molar-refractivity contribution in [2.24, 2.45) is 5.84 Å². The minimum Gasteiger partial charge on any atom is -0.271 e. The minimum atomic E-state index is 0.173. The number of thioether (sulfide) groups is 1. The summed E-state index contributed by atoms with van der Waals surface area (Å²) in [6.45, 7) is 4.20. The van der Waals surface area contributed by atoms with E-state index in [1.807, 2.05) is 11.8 Å². The van der Waals surface area contributed by atoms with Gasteiger partial charge in [-0.1, -0.05) is 47.5 Å². The third kappa shape index (κ3) is 4.10. The van der Waals surface area contributed by atoms with Crippen LogP contribution < -0.4 is 11.3 Å². The van der Waals surface area contributed by atoms with Crippen LogP contribution in [0, 0.1) is 13.8 Å². The lowest BCUT2D eigenvalue weighted by molar-refractivity contribution is 0.610.